The molecule has 1 aliphatic rings. The molecule has 1 saturated heterocycles. The number of methoxy groups -OCH3 is 1. The first kappa shape index (κ1) is 25.5. The van der Waals surface area contributed by atoms with Crippen LogP contribution in [0.25, 0.3) is 6.08 Å². The summed E-state index contributed by atoms with van der Waals surface area (Å²) in [6.07, 6.45) is 3.58. The molecule has 3 rings (SSSR count). The number of nitriles is 1. The molecular weight excluding hydrogens is 468 g/mol. The number of carbonyl (C=O) groups excluding carboxylic acids is 1. The number of rotatable bonds is 9. The van der Waals surface area contributed by atoms with Gasteiger partial charge in [-0.3, -0.25) is 19.1 Å². The summed E-state index contributed by atoms with van der Waals surface area (Å²) < 4.78 is 7.29. The van der Waals surface area contributed by atoms with Crippen LogP contribution in [0, 0.1) is 18.3 Å². The van der Waals surface area contributed by atoms with Gasteiger partial charge in [0.2, 0.25) is 0 Å². The molecule has 1 amide bonds. The minimum atomic E-state index is -0.354. The minimum absolute atomic E-state index is 0.0737. The largest absolute Gasteiger partial charge is 0.497 e. The molecule has 0 bridgehead atoms. The van der Waals surface area contributed by atoms with Gasteiger partial charge in [-0.15, -0.1) is 0 Å². The smallest absolute Gasteiger partial charge is 0.270 e. The molecule has 0 radical (unpaired) electrons. The van der Waals surface area contributed by atoms with Crippen molar-refractivity contribution >= 4 is 46.1 Å². The third kappa shape index (κ3) is 5.18. The number of pyridine rings is 1. The van der Waals surface area contributed by atoms with E-state index in [4.69, 9.17) is 17.0 Å². The Hall–Kier alpha value is -3.09. The third-order valence-electron chi connectivity index (χ3n) is 5.69. The molecule has 1 fully saturated rings. The Morgan fingerprint density at radius 1 is 1.24 bits per heavy atom. The van der Waals surface area contributed by atoms with Gasteiger partial charge in [0.1, 0.15) is 27.5 Å². The number of thioether (sulfide) groups is 1. The number of carbonyl (C=O) groups is 1. The molecule has 1 aromatic heterocycles. The van der Waals surface area contributed by atoms with Crippen molar-refractivity contribution in [2.24, 2.45) is 0 Å². The maximum atomic E-state index is 13.0. The van der Waals surface area contributed by atoms with Gasteiger partial charge >= 0.3 is 0 Å². The van der Waals surface area contributed by atoms with E-state index < -0.39 is 0 Å². The fourth-order valence-corrected chi connectivity index (χ4v) is 5.01. The Morgan fingerprint density at radius 2 is 1.94 bits per heavy atom. The van der Waals surface area contributed by atoms with Gasteiger partial charge in [-0.2, -0.15) is 5.26 Å². The van der Waals surface area contributed by atoms with Crippen molar-refractivity contribution in [1.29, 1.82) is 5.26 Å². The van der Waals surface area contributed by atoms with E-state index in [1.165, 1.54) is 11.8 Å². The van der Waals surface area contributed by atoms with Crippen molar-refractivity contribution in [3.05, 3.63) is 61.8 Å². The fourth-order valence-electron chi connectivity index (χ4n) is 3.72. The van der Waals surface area contributed by atoms with Crippen LogP contribution in [0.4, 0.5) is 5.82 Å². The molecule has 34 heavy (non-hydrogen) atoms. The van der Waals surface area contributed by atoms with Crippen LogP contribution >= 0.6 is 24.0 Å². The van der Waals surface area contributed by atoms with Gasteiger partial charge in [0.05, 0.1) is 12.0 Å². The zero-order valence-corrected chi connectivity index (χ0v) is 21.4. The second-order valence-corrected chi connectivity index (χ2v) is 9.49. The van der Waals surface area contributed by atoms with Crippen LogP contribution < -0.4 is 15.6 Å². The highest BCUT2D eigenvalue weighted by Gasteiger charge is 2.32. The van der Waals surface area contributed by atoms with Crippen LogP contribution in [0.15, 0.2) is 34.0 Å². The van der Waals surface area contributed by atoms with Crippen LogP contribution in [-0.2, 0) is 17.9 Å². The lowest BCUT2D eigenvalue weighted by Gasteiger charge is -2.19. The number of hydrogen-bond donors (Lipinski definition) is 1. The first-order valence-corrected chi connectivity index (χ1v) is 12.4. The van der Waals surface area contributed by atoms with E-state index >= 15 is 0 Å². The Kier molecular flexibility index (Phi) is 8.53. The van der Waals surface area contributed by atoms with Crippen LogP contribution in [0.2, 0.25) is 0 Å². The van der Waals surface area contributed by atoms with Gasteiger partial charge < -0.3 is 10.1 Å². The van der Waals surface area contributed by atoms with E-state index in [1.54, 1.807) is 29.6 Å². The molecule has 0 spiro atoms. The van der Waals surface area contributed by atoms with E-state index in [1.807, 2.05) is 37.3 Å². The van der Waals surface area contributed by atoms with Gasteiger partial charge in [-0.1, -0.05) is 49.5 Å². The van der Waals surface area contributed by atoms with Crippen molar-refractivity contribution in [2.45, 2.75) is 46.7 Å². The SMILES string of the molecule is CCCCN1C(=O)/C(=C\c2c(C)c(C#N)c(=O)n(CC)c2NCc2ccc(OC)cc2)SC1=S. The van der Waals surface area contributed by atoms with E-state index in [9.17, 15) is 14.9 Å². The topological polar surface area (TPSA) is 87.4 Å². The molecule has 0 unspecified atom stereocenters. The molecule has 7 nitrogen and oxygen atoms in total. The number of nitrogens with zero attached hydrogens (tertiary/aromatic N) is 3. The summed E-state index contributed by atoms with van der Waals surface area (Å²) >= 11 is 6.69. The van der Waals surface area contributed by atoms with Crippen molar-refractivity contribution in [2.75, 3.05) is 19.0 Å². The average molecular weight is 497 g/mol. The van der Waals surface area contributed by atoms with E-state index in [0.29, 0.717) is 45.8 Å². The number of unbranched alkanes of at least 4 members (excludes halogenated alkanes) is 1. The number of anilines is 1. The van der Waals surface area contributed by atoms with Crippen molar-refractivity contribution in [3.8, 4) is 11.8 Å². The van der Waals surface area contributed by atoms with E-state index in [2.05, 4.69) is 12.2 Å². The average Bonchev–Trinajstić information content (AvgIpc) is 3.10. The van der Waals surface area contributed by atoms with Crippen LogP contribution in [-0.4, -0.2) is 33.3 Å². The van der Waals surface area contributed by atoms with Crippen LogP contribution in [0.5, 0.6) is 5.75 Å². The normalized spacial score (nSPS) is 14.6. The Morgan fingerprint density at radius 3 is 2.53 bits per heavy atom. The first-order chi connectivity index (χ1) is 16.4. The molecule has 1 aliphatic heterocycles. The highest BCUT2D eigenvalue weighted by molar-refractivity contribution is 8.26. The summed E-state index contributed by atoms with van der Waals surface area (Å²) in [7, 11) is 1.61. The summed E-state index contributed by atoms with van der Waals surface area (Å²) in [6, 6.07) is 9.66. The standard InChI is InChI=1S/C25H28N4O3S2/c1-5-7-12-29-24(31)21(34-25(29)33)13-19-16(3)20(14-26)23(30)28(6-2)22(19)27-15-17-8-10-18(32-4)11-9-17/h8-11,13,27H,5-7,12,15H2,1-4H3/b21-13+. The quantitative estimate of drug-likeness (QED) is 0.399. The lowest BCUT2D eigenvalue weighted by atomic mass is 10.0. The molecule has 0 atom stereocenters. The Balaban J connectivity index is 2.07. The second-order valence-electron chi connectivity index (χ2n) is 7.81. The number of amides is 1. The number of thiocarbonyl (C=S) groups is 1. The van der Waals surface area contributed by atoms with E-state index in [-0.39, 0.29) is 17.0 Å². The van der Waals surface area contributed by atoms with E-state index in [0.717, 1.165) is 24.2 Å². The van der Waals surface area contributed by atoms with Gasteiger partial charge in [-0.05, 0) is 49.6 Å². The van der Waals surface area contributed by atoms with Crippen LogP contribution in [0.3, 0.4) is 0 Å². The van der Waals surface area contributed by atoms with Gasteiger partial charge in [0.25, 0.3) is 11.5 Å². The molecule has 178 valence electrons. The second kappa shape index (κ2) is 11.4. The van der Waals surface area contributed by atoms with Crippen molar-refractivity contribution < 1.29 is 9.53 Å². The number of benzene rings is 1. The first-order valence-electron chi connectivity index (χ1n) is 11.2. The fraction of sp³-hybridized carbons (Fsp3) is 0.360. The zero-order valence-electron chi connectivity index (χ0n) is 19.8. The molecular formula is C25H28N4O3S2. The third-order valence-corrected chi connectivity index (χ3v) is 7.07. The molecule has 2 aromatic rings. The predicted octanol–water partition coefficient (Wildman–Crippen LogP) is 4.67. The monoisotopic (exact) mass is 496 g/mol. The molecule has 0 aliphatic carbocycles. The lowest BCUT2D eigenvalue weighted by Crippen LogP contribution is -2.29. The maximum absolute atomic E-state index is 13.0. The maximum Gasteiger partial charge on any atom is 0.270 e. The summed E-state index contributed by atoms with van der Waals surface area (Å²) in [5.74, 6) is 1.18. The summed E-state index contributed by atoms with van der Waals surface area (Å²) in [4.78, 5) is 28.2. The molecule has 0 saturated carbocycles. The highest BCUT2D eigenvalue weighted by Crippen LogP contribution is 2.35. The number of aromatic nitrogens is 1. The molecule has 2 heterocycles. The number of ether oxygens (including phenoxy) is 1. The summed E-state index contributed by atoms with van der Waals surface area (Å²) in [5.41, 5.74) is 1.89. The molecule has 1 aromatic carbocycles. The minimum Gasteiger partial charge on any atom is -0.497 e. The van der Waals surface area contributed by atoms with Gasteiger partial charge in [0, 0.05) is 25.2 Å². The van der Waals surface area contributed by atoms with Gasteiger partial charge in [0.15, 0.2) is 0 Å². The Bertz CT molecular complexity index is 1230. The predicted molar refractivity (Wildman–Crippen MR) is 141 cm³/mol. The summed E-state index contributed by atoms with van der Waals surface area (Å²) in [6.45, 7) is 7.06. The lowest BCUT2D eigenvalue weighted by molar-refractivity contribution is -0.122. The van der Waals surface area contributed by atoms with Crippen molar-refractivity contribution in [1.82, 2.24) is 9.47 Å². The van der Waals surface area contributed by atoms with Crippen molar-refractivity contribution in [3.63, 3.8) is 0 Å². The van der Waals surface area contributed by atoms with Gasteiger partial charge in [-0.25, -0.2) is 0 Å². The van der Waals surface area contributed by atoms with Crippen LogP contribution in [0.1, 0.15) is 48.9 Å². The zero-order chi connectivity index (χ0) is 24.8. The molecule has 9 heteroatoms. The molecule has 1 N–H and O–H groups in total. The highest BCUT2D eigenvalue weighted by atomic mass is 32.2. The number of nitrogens with one attached hydrogen (secondary N) is 1. The summed E-state index contributed by atoms with van der Waals surface area (Å²) in [5, 5.41) is 13.0. The number of hydrogen-bond acceptors (Lipinski definition) is 7. The Labute approximate surface area is 209 Å².